The number of hydrogen-bond acceptors (Lipinski definition) is 3. The summed E-state index contributed by atoms with van der Waals surface area (Å²) in [6, 6.07) is 14.3. The Hall–Kier alpha value is -2.40. The van der Waals surface area contributed by atoms with Gasteiger partial charge in [0, 0.05) is 6.04 Å². The summed E-state index contributed by atoms with van der Waals surface area (Å²) in [7, 11) is 0. The molecule has 2 aromatic rings. The molecule has 0 fully saturated rings. The monoisotopic (exact) mass is 327 g/mol. The Labute approximate surface area is 142 Å². The van der Waals surface area contributed by atoms with Crippen molar-refractivity contribution >= 4 is 22.6 Å². The minimum Gasteiger partial charge on any atom is -0.369 e. The molecular formula is C19H25N3O2. The predicted octanol–water partition coefficient (Wildman–Crippen LogP) is 2.21. The van der Waals surface area contributed by atoms with E-state index in [1.807, 2.05) is 39.0 Å². The first-order valence-corrected chi connectivity index (χ1v) is 8.17. The van der Waals surface area contributed by atoms with Gasteiger partial charge in [-0.3, -0.25) is 14.5 Å². The highest BCUT2D eigenvalue weighted by Crippen LogP contribution is 2.20. The number of rotatable bonds is 7. The van der Waals surface area contributed by atoms with Crippen molar-refractivity contribution in [2.75, 3.05) is 13.1 Å². The smallest absolute Gasteiger partial charge is 0.234 e. The van der Waals surface area contributed by atoms with Crippen LogP contribution in [-0.4, -0.2) is 35.8 Å². The van der Waals surface area contributed by atoms with Crippen LogP contribution in [0.5, 0.6) is 0 Å². The lowest BCUT2D eigenvalue weighted by Crippen LogP contribution is -2.45. The molecule has 3 N–H and O–H groups in total. The van der Waals surface area contributed by atoms with Crippen molar-refractivity contribution in [1.82, 2.24) is 10.2 Å². The lowest BCUT2D eigenvalue weighted by atomic mass is 10.0. The SMILES string of the molecule is CC(C)N(CC(N)=O)CC(=O)N[C@H](C)c1ccc2ccccc2c1. The standard InChI is InChI=1S/C19H25N3O2/c1-13(2)22(11-18(20)23)12-19(24)21-14(3)16-9-8-15-6-4-5-7-17(15)10-16/h4-10,13-14H,11-12H2,1-3H3,(H2,20,23)(H,21,24)/t14-/m1/s1. The van der Waals surface area contributed by atoms with Crippen LogP contribution in [0.4, 0.5) is 0 Å². The number of fused-ring (bicyclic) bond motifs is 1. The van der Waals surface area contributed by atoms with Gasteiger partial charge in [-0.1, -0.05) is 36.4 Å². The summed E-state index contributed by atoms with van der Waals surface area (Å²) in [6.07, 6.45) is 0. The maximum Gasteiger partial charge on any atom is 0.234 e. The third-order valence-electron chi connectivity index (χ3n) is 4.09. The molecule has 1 atom stereocenters. The van der Waals surface area contributed by atoms with Gasteiger partial charge in [0.05, 0.1) is 19.1 Å². The van der Waals surface area contributed by atoms with E-state index in [0.29, 0.717) is 0 Å². The first-order valence-electron chi connectivity index (χ1n) is 8.17. The molecule has 24 heavy (non-hydrogen) atoms. The summed E-state index contributed by atoms with van der Waals surface area (Å²) in [5.41, 5.74) is 6.29. The van der Waals surface area contributed by atoms with Crippen molar-refractivity contribution in [1.29, 1.82) is 0 Å². The van der Waals surface area contributed by atoms with Gasteiger partial charge in [0.1, 0.15) is 0 Å². The number of amides is 2. The van der Waals surface area contributed by atoms with Crippen molar-refractivity contribution in [2.24, 2.45) is 5.73 Å². The molecule has 0 saturated carbocycles. The Morgan fingerprint density at radius 2 is 1.71 bits per heavy atom. The van der Waals surface area contributed by atoms with Gasteiger partial charge in [-0.15, -0.1) is 0 Å². The average Bonchev–Trinajstić information content (AvgIpc) is 2.53. The first kappa shape index (κ1) is 17.9. The van der Waals surface area contributed by atoms with Crippen molar-refractivity contribution in [3.63, 3.8) is 0 Å². The normalized spacial score (nSPS) is 12.5. The van der Waals surface area contributed by atoms with E-state index in [1.54, 1.807) is 4.90 Å². The Balaban J connectivity index is 2.02. The largest absolute Gasteiger partial charge is 0.369 e. The fourth-order valence-electron chi connectivity index (χ4n) is 2.65. The van der Waals surface area contributed by atoms with Crippen LogP contribution in [0.1, 0.15) is 32.4 Å². The van der Waals surface area contributed by atoms with Crippen LogP contribution in [0, 0.1) is 0 Å². The molecule has 2 aromatic carbocycles. The molecule has 2 rings (SSSR count). The minimum absolute atomic E-state index is 0.0687. The summed E-state index contributed by atoms with van der Waals surface area (Å²) in [4.78, 5) is 25.1. The fraction of sp³-hybridized carbons (Fsp3) is 0.368. The second kappa shape index (κ2) is 7.93. The zero-order chi connectivity index (χ0) is 17.7. The van der Waals surface area contributed by atoms with Gasteiger partial charge in [-0.2, -0.15) is 0 Å². The van der Waals surface area contributed by atoms with Gasteiger partial charge >= 0.3 is 0 Å². The molecule has 5 nitrogen and oxygen atoms in total. The molecule has 2 amide bonds. The first-order chi connectivity index (χ1) is 11.4. The molecule has 128 valence electrons. The highest BCUT2D eigenvalue weighted by atomic mass is 16.2. The van der Waals surface area contributed by atoms with Crippen molar-refractivity contribution < 1.29 is 9.59 Å². The van der Waals surface area contributed by atoms with Crippen molar-refractivity contribution in [2.45, 2.75) is 32.9 Å². The number of nitrogens with zero attached hydrogens (tertiary/aromatic N) is 1. The topological polar surface area (TPSA) is 75.4 Å². The van der Waals surface area contributed by atoms with Gasteiger partial charge in [0.15, 0.2) is 0 Å². The van der Waals surface area contributed by atoms with Crippen LogP contribution in [0.15, 0.2) is 42.5 Å². The Morgan fingerprint density at radius 1 is 1.04 bits per heavy atom. The molecule has 0 radical (unpaired) electrons. The van der Waals surface area contributed by atoms with E-state index < -0.39 is 5.91 Å². The van der Waals surface area contributed by atoms with E-state index in [9.17, 15) is 9.59 Å². The molecule has 5 heteroatoms. The van der Waals surface area contributed by atoms with Gasteiger partial charge in [-0.25, -0.2) is 0 Å². The summed E-state index contributed by atoms with van der Waals surface area (Å²) >= 11 is 0. The van der Waals surface area contributed by atoms with Gasteiger partial charge in [0.25, 0.3) is 0 Å². The molecule has 0 aliphatic rings. The van der Waals surface area contributed by atoms with Crippen molar-refractivity contribution in [3.8, 4) is 0 Å². The van der Waals surface area contributed by atoms with E-state index in [2.05, 4.69) is 29.6 Å². The molecule has 0 saturated heterocycles. The number of benzene rings is 2. The molecule has 0 aromatic heterocycles. The van der Waals surface area contributed by atoms with E-state index in [1.165, 1.54) is 5.39 Å². The predicted molar refractivity (Wildman–Crippen MR) is 96.4 cm³/mol. The summed E-state index contributed by atoms with van der Waals surface area (Å²) in [5, 5.41) is 5.31. The molecular weight excluding hydrogens is 302 g/mol. The third kappa shape index (κ3) is 4.80. The van der Waals surface area contributed by atoms with Crippen LogP contribution < -0.4 is 11.1 Å². The van der Waals surface area contributed by atoms with Gasteiger partial charge < -0.3 is 11.1 Å². The van der Waals surface area contributed by atoms with E-state index >= 15 is 0 Å². The number of hydrogen-bond donors (Lipinski definition) is 2. The Morgan fingerprint density at radius 3 is 2.33 bits per heavy atom. The number of nitrogens with two attached hydrogens (primary N) is 1. The second-order valence-corrected chi connectivity index (χ2v) is 6.36. The summed E-state index contributed by atoms with van der Waals surface area (Å²) in [5.74, 6) is -0.551. The third-order valence-corrected chi connectivity index (χ3v) is 4.09. The van der Waals surface area contributed by atoms with Crippen LogP contribution in [0.2, 0.25) is 0 Å². The molecule has 0 spiro atoms. The maximum atomic E-state index is 12.3. The Kier molecular flexibility index (Phi) is 5.93. The van der Waals surface area contributed by atoms with E-state index in [0.717, 1.165) is 10.9 Å². The fourth-order valence-corrected chi connectivity index (χ4v) is 2.65. The van der Waals surface area contributed by atoms with E-state index in [-0.39, 0.29) is 31.1 Å². The highest BCUT2D eigenvalue weighted by Gasteiger charge is 2.17. The van der Waals surface area contributed by atoms with Crippen LogP contribution in [-0.2, 0) is 9.59 Å². The number of primary amides is 1. The molecule has 0 aliphatic heterocycles. The van der Waals surface area contributed by atoms with Gasteiger partial charge in [-0.05, 0) is 43.2 Å². The van der Waals surface area contributed by atoms with E-state index in [4.69, 9.17) is 5.73 Å². The zero-order valence-corrected chi connectivity index (χ0v) is 14.5. The lowest BCUT2D eigenvalue weighted by molar-refractivity contribution is -0.125. The molecule has 0 aliphatic carbocycles. The lowest BCUT2D eigenvalue weighted by Gasteiger charge is -2.25. The minimum atomic E-state index is -0.431. The van der Waals surface area contributed by atoms with Gasteiger partial charge in [0.2, 0.25) is 11.8 Å². The molecule has 0 bridgehead atoms. The Bertz CT molecular complexity index is 727. The average molecular weight is 327 g/mol. The van der Waals surface area contributed by atoms with Crippen LogP contribution in [0.25, 0.3) is 10.8 Å². The number of carbonyl (C=O) groups excluding carboxylic acids is 2. The zero-order valence-electron chi connectivity index (χ0n) is 14.5. The summed E-state index contributed by atoms with van der Waals surface area (Å²) < 4.78 is 0. The quantitative estimate of drug-likeness (QED) is 0.819. The number of carbonyl (C=O) groups is 2. The highest BCUT2D eigenvalue weighted by molar-refractivity contribution is 5.84. The van der Waals surface area contributed by atoms with Crippen LogP contribution >= 0.6 is 0 Å². The second-order valence-electron chi connectivity index (χ2n) is 6.36. The van der Waals surface area contributed by atoms with Crippen molar-refractivity contribution in [3.05, 3.63) is 48.0 Å². The summed E-state index contributed by atoms with van der Waals surface area (Å²) in [6.45, 7) is 6.05. The van der Waals surface area contributed by atoms with Crippen LogP contribution in [0.3, 0.4) is 0 Å². The number of nitrogens with one attached hydrogen (secondary N) is 1. The maximum absolute atomic E-state index is 12.3. The molecule has 0 heterocycles. The molecule has 0 unspecified atom stereocenters.